The van der Waals surface area contributed by atoms with Gasteiger partial charge in [-0.3, -0.25) is 4.79 Å². The van der Waals surface area contributed by atoms with Crippen LogP contribution in [0.3, 0.4) is 0 Å². The van der Waals surface area contributed by atoms with Crippen molar-refractivity contribution >= 4 is 18.3 Å². The molecule has 1 aromatic carbocycles. The van der Waals surface area contributed by atoms with E-state index >= 15 is 0 Å². The third-order valence-electron chi connectivity index (χ3n) is 4.73. The highest BCUT2D eigenvalue weighted by atomic mass is 35.5. The normalized spacial score (nSPS) is 17.0. The first kappa shape index (κ1) is 20.0. The Morgan fingerprint density at radius 3 is 2.17 bits per heavy atom. The average molecular weight is 339 g/mol. The van der Waals surface area contributed by atoms with Crippen molar-refractivity contribution in [2.75, 3.05) is 6.54 Å². The highest BCUT2D eigenvalue weighted by Gasteiger charge is 2.42. The van der Waals surface area contributed by atoms with Gasteiger partial charge in [0.05, 0.1) is 5.41 Å². The predicted octanol–water partition coefficient (Wildman–Crippen LogP) is 3.90. The van der Waals surface area contributed by atoms with Gasteiger partial charge < -0.3 is 11.1 Å². The zero-order valence-corrected chi connectivity index (χ0v) is 15.6. The van der Waals surface area contributed by atoms with Crippen LogP contribution in [0.1, 0.15) is 70.4 Å². The zero-order chi connectivity index (χ0) is 16.4. The minimum Gasteiger partial charge on any atom is -0.354 e. The Morgan fingerprint density at radius 2 is 1.74 bits per heavy atom. The largest absolute Gasteiger partial charge is 0.354 e. The van der Waals surface area contributed by atoms with Crippen LogP contribution in [0.4, 0.5) is 0 Å². The Hall–Kier alpha value is -1.06. The van der Waals surface area contributed by atoms with E-state index in [1.165, 1.54) is 5.56 Å². The first-order valence-corrected chi connectivity index (χ1v) is 8.42. The third-order valence-corrected chi connectivity index (χ3v) is 4.73. The molecule has 0 radical (unpaired) electrons. The van der Waals surface area contributed by atoms with E-state index in [0.29, 0.717) is 12.5 Å². The maximum absolute atomic E-state index is 12.9. The molecule has 1 aliphatic carbocycles. The molecule has 3 N–H and O–H groups in total. The Morgan fingerprint density at radius 1 is 1.22 bits per heavy atom. The monoisotopic (exact) mass is 338 g/mol. The molecule has 0 saturated heterocycles. The van der Waals surface area contributed by atoms with Gasteiger partial charge in [-0.2, -0.15) is 0 Å². The van der Waals surface area contributed by atoms with Gasteiger partial charge in [0, 0.05) is 12.1 Å². The van der Waals surface area contributed by atoms with E-state index in [-0.39, 0.29) is 29.3 Å². The van der Waals surface area contributed by atoms with Crippen LogP contribution >= 0.6 is 12.4 Å². The molecule has 0 aromatic heterocycles. The van der Waals surface area contributed by atoms with Crippen LogP contribution < -0.4 is 11.1 Å². The molecule has 23 heavy (non-hydrogen) atoms. The van der Waals surface area contributed by atoms with E-state index < -0.39 is 0 Å². The van der Waals surface area contributed by atoms with E-state index in [0.717, 1.165) is 31.2 Å². The number of amides is 1. The van der Waals surface area contributed by atoms with Crippen LogP contribution in [0.2, 0.25) is 0 Å². The number of hydrogen-bond donors (Lipinski definition) is 2. The summed E-state index contributed by atoms with van der Waals surface area (Å²) in [4.78, 5) is 12.9. The summed E-state index contributed by atoms with van der Waals surface area (Å²) in [5.41, 5.74) is 7.74. The molecule has 0 spiro atoms. The molecule has 1 aliphatic rings. The summed E-state index contributed by atoms with van der Waals surface area (Å²) >= 11 is 0. The smallest absolute Gasteiger partial charge is 0.230 e. The molecule has 1 amide bonds. The lowest BCUT2D eigenvalue weighted by molar-refractivity contribution is -0.126. The Kier molecular flexibility index (Phi) is 6.67. The van der Waals surface area contributed by atoms with Crippen LogP contribution in [0.25, 0.3) is 0 Å². The fourth-order valence-corrected chi connectivity index (χ4v) is 3.29. The van der Waals surface area contributed by atoms with Gasteiger partial charge >= 0.3 is 0 Å². The van der Waals surface area contributed by atoms with Crippen LogP contribution in [0.15, 0.2) is 24.3 Å². The summed E-state index contributed by atoms with van der Waals surface area (Å²) in [5.74, 6) is 0.654. The van der Waals surface area contributed by atoms with Gasteiger partial charge in [0.25, 0.3) is 0 Å². The Bertz CT molecular complexity index is 511. The van der Waals surface area contributed by atoms with Gasteiger partial charge in [0.2, 0.25) is 5.91 Å². The van der Waals surface area contributed by atoms with Gasteiger partial charge in [0.1, 0.15) is 0 Å². The third kappa shape index (κ3) is 4.71. The van der Waals surface area contributed by atoms with Crippen molar-refractivity contribution in [3.05, 3.63) is 35.4 Å². The molecule has 0 atom stereocenters. The lowest BCUT2D eigenvalue weighted by Gasteiger charge is -2.30. The first-order chi connectivity index (χ1) is 10.2. The van der Waals surface area contributed by atoms with E-state index in [1.54, 1.807) is 0 Å². The second kappa shape index (κ2) is 7.67. The SMILES string of the molecule is CC(C)c1ccc(C2(C(=O)NCC(C)(C)N)CCCC2)cc1.Cl. The topological polar surface area (TPSA) is 55.1 Å². The molecule has 2 rings (SSSR count). The molecule has 0 heterocycles. The van der Waals surface area contributed by atoms with E-state index in [9.17, 15) is 4.79 Å². The number of hydrogen-bond acceptors (Lipinski definition) is 2. The number of carbonyl (C=O) groups is 1. The summed E-state index contributed by atoms with van der Waals surface area (Å²) in [5, 5.41) is 3.08. The molecule has 1 saturated carbocycles. The summed E-state index contributed by atoms with van der Waals surface area (Å²) in [6, 6.07) is 8.63. The van der Waals surface area contributed by atoms with Crippen LogP contribution in [-0.4, -0.2) is 18.0 Å². The van der Waals surface area contributed by atoms with Crippen molar-refractivity contribution in [1.29, 1.82) is 0 Å². The van der Waals surface area contributed by atoms with Crippen molar-refractivity contribution < 1.29 is 4.79 Å². The highest BCUT2D eigenvalue weighted by Crippen LogP contribution is 2.41. The molecule has 0 aliphatic heterocycles. The minimum atomic E-state index is -0.378. The fourth-order valence-electron chi connectivity index (χ4n) is 3.29. The summed E-state index contributed by atoms with van der Waals surface area (Å²) in [6.07, 6.45) is 4.10. The van der Waals surface area contributed by atoms with E-state index in [2.05, 4.69) is 43.4 Å². The zero-order valence-electron chi connectivity index (χ0n) is 14.8. The molecular weight excluding hydrogens is 308 g/mol. The van der Waals surface area contributed by atoms with Crippen molar-refractivity contribution in [2.24, 2.45) is 5.73 Å². The van der Waals surface area contributed by atoms with Gasteiger partial charge in [0.15, 0.2) is 0 Å². The maximum Gasteiger partial charge on any atom is 0.230 e. The van der Waals surface area contributed by atoms with Crippen molar-refractivity contribution in [2.45, 2.75) is 70.3 Å². The Labute approximate surface area is 146 Å². The second-order valence-electron chi connectivity index (χ2n) is 7.74. The van der Waals surface area contributed by atoms with Crippen molar-refractivity contribution in [3.63, 3.8) is 0 Å². The number of nitrogens with two attached hydrogens (primary N) is 1. The van der Waals surface area contributed by atoms with Gasteiger partial charge in [-0.1, -0.05) is 51.0 Å². The first-order valence-electron chi connectivity index (χ1n) is 8.42. The summed E-state index contributed by atoms with van der Waals surface area (Å²) in [7, 11) is 0. The number of carbonyl (C=O) groups excluding carboxylic acids is 1. The van der Waals surface area contributed by atoms with Gasteiger partial charge in [-0.25, -0.2) is 0 Å². The molecule has 0 unspecified atom stereocenters. The highest BCUT2D eigenvalue weighted by molar-refractivity contribution is 5.88. The van der Waals surface area contributed by atoms with Crippen LogP contribution in [0.5, 0.6) is 0 Å². The summed E-state index contributed by atoms with van der Waals surface area (Å²) < 4.78 is 0. The van der Waals surface area contributed by atoms with E-state index in [1.807, 2.05) is 13.8 Å². The lowest BCUT2D eigenvalue weighted by atomic mass is 9.77. The molecule has 4 heteroatoms. The van der Waals surface area contributed by atoms with Crippen molar-refractivity contribution in [1.82, 2.24) is 5.32 Å². The molecule has 3 nitrogen and oxygen atoms in total. The lowest BCUT2D eigenvalue weighted by Crippen LogP contribution is -2.50. The number of benzene rings is 1. The number of rotatable bonds is 5. The number of nitrogens with one attached hydrogen (secondary N) is 1. The van der Waals surface area contributed by atoms with Gasteiger partial charge in [-0.05, 0) is 43.7 Å². The summed E-state index contributed by atoms with van der Waals surface area (Å²) in [6.45, 7) is 8.77. The van der Waals surface area contributed by atoms with Gasteiger partial charge in [-0.15, -0.1) is 12.4 Å². The Balaban J connectivity index is 0.00000264. The molecule has 0 bridgehead atoms. The fraction of sp³-hybridized carbons (Fsp3) is 0.632. The molecule has 1 aromatic rings. The van der Waals surface area contributed by atoms with E-state index in [4.69, 9.17) is 5.73 Å². The van der Waals surface area contributed by atoms with Crippen molar-refractivity contribution in [3.8, 4) is 0 Å². The molecule has 1 fully saturated rings. The second-order valence-corrected chi connectivity index (χ2v) is 7.74. The van der Waals surface area contributed by atoms with Crippen LogP contribution in [0, 0.1) is 0 Å². The quantitative estimate of drug-likeness (QED) is 0.855. The maximum atomic E-state index is 12.9. The van der Waals surface area contributed by atoms with Crippen LogP contribution in [-0.2, 0) is 10.2 Å². The average Bonchev–Trinajstić information content (AvgIpc) is 2.95. The molecular formula is C19H31ClN2O. The predicted molar refractivity (Wildman–Crippen MR) is 99.2 cm³/mol. The minimum absolute atomic E-state index is 0. The standard InChI is InChI=1S/C19H30N2O.ClH/c1-14(2)15-7-9-16(10-8-15)19(11-5-6-12-19)17(22)21-13-18(3,4)20;/h7-10,14H,5-6,11-13,20H2,1-4H3,(H,21,22);1H. The number of halogens is 1. The molecule has 130 valence electrons.